The molecule has 0 aromatic carbocycles. The highest BCUT2D eigenvalue weighted by molar-refractivity contribution is 7.80. The second-order valence-corrected chi connectivity index (χ2v) is 6.36. The summed E-state index contributed by atoms with van der Waals surface area (Å²) in [6.45, 7) is 2.06. The number of pyridine rings is 1. The second-order valence-electron chi connectivity index (χ2n) is 5.51. The van der Waals surface area contributed by atoms with Crippen molar-refractivity contribution < 1.29 is 9.53 Å². The van der Waals surface area contributed by atoms with E-state index in [1.54, 1.807) is 19.1 Å². The van der Waals surface area contributed by atoms with Gasteiger partial charge in [-0.05, 0) is 57.0 Å². The number of halogens is 1. The number of nitrogens with zero attached hydrogens (tertiary/aromatic N) is 3. The number of rotatable bonds is 3. The van der Waals surface area contributed by atoms with Gasteiger partial charge < -0.3 is 15.4 Å². The summed E-state index contributed by atoms with van der Waals surface area (Å²) in [5.74, 6) is 0.901. The first-order chi connectivity index (χ1) is 12.1. The van der Waals surface area contributed by atoms with E-state index in [4.69, 9.17) is 28.6 Å². The Morgan fingerprint density at radius 1 is 1.36 bits per heavy atom. The quantitative estimate of drug-likeness (QED) is 0.788. The SMILES string of the molecule is CCOC(=O)n1c(NC(=S)Nc2ccc(Cl)cn2)nc2c1CCCC2. The maximum absolute atomic E-state index is 12.3. The van der Waals surface area contributed by atoms with Gasteiger partial charge in [0.15, 0.2) is 5.11 Å². The van der Waals surface area contributed by atoms with Crippen LogP contribution >= 0.6 is 23.8 Å². The van der Waals surface area contributed by atoms with Gasteiger partial charge >= 0.3 is 6.09 Å². The first-order valence-corrected chi connectivity index (χ1v) is 8.84. The molecule has 9 heteroatoms. The summed E-state index contributed by atoms with van der Waals surface area (Å²) in [5, 5.41) is 6.73. The van der Waals surface area contributed by atoms with Gasteiger partial charge in [-0.15, -0.1) is 0 Å². The van der Waals surface area contributed by atoms with Gasteiger partial charge in [-0.2, -0.15) is 0 Å². The van der Waals surface area contributed by atoms with E-state index in [0.717, 1.165) is 37.1 Å². The lowest BCUT2D eigenvalue weighted by molar-refractivity contribution is 0.153. The molecule has 0 spiro atoms. The summed E-state index contributed by atoms with van der Waals surface area (Å²) in [4.78, 5) is 21.0. The molecule has 1 aliphatic rings. The first kappa shape index (κ1) is 17.6. The van der Waals surface area contributed by atoms with E-state index in [-0.39, 0.29) is 5.11 Å². The minimum atomic E-state index is -0.451. The molecule has 2 aromatic rings. The van der Waals surface area contributed by atoms with E-state index in [9.17, 15) is 4.79 Å². The van der Waals surface area contributed by atoms with Crippen LogP contribution in [0.4, 0.5) is 16.6 Å². The molecule has 25 heavy (non-hydrogen) atoms. The number of hydrogen-bond acceptors (Lipinski definition) is 5. The van der Waals surface area contributed by atoms with Crippen LogP contribution in [0.5, 0.6) is 0 Å². The van der Waals surface area contributed by atoms with Gasteiger partial charge in [0.1, 0.15) is 5.82 Å². The van der Waals surface area contributed by atoms with Crippen molar-refractivity contribution >= 4 is 46.8 Å². The lowest BCUT2D eigenvalue weighted by atomic mass is 10.0. The van der Waals surface area contributed by atoms with Crippen LogP contribution in [-0.2, 0) is 17.6 Å². The summed E-state index contributed by atoms with van der Waals surface area (Å²) in [6, 6.07) is 3.41. The molecule has 0 saturated carbocycles. The number of thiocarbonyl (C=S) groups is 1. The van der Waals surface area contributed by atoms with Crippen molar-refractivity contribution in [3.63, 3.8) is 0 Å². The van der Waals surface area contributed by atoms with Gasteiger partial charge in [-0.25, -0.2) is 19.3 Å². The standard InChI is InChI=1S/C16H18ClN5O2S/c1-2-24-16(23)22-12-6-4-3-5-11(12)19-14(22)21-15(25)20-13-8-7-10(17)9-18-13/h7-9H,2-6H2,1H3,(H2,18,19,20,21,25). The van der Waals surface area contributed by atoms with Crippen molar-refractivity contribution in [2.75, 3.05) is 17.2 Å². The largest absolute Gasteiger partial charge is 0.449 e. The Morgan fingerprint density at radius 3 is 2.88 bits per heavy atom. The molecule has 132 valence electrons. The molecule has 2 N–H and O–H groups in total. The lowest BCUT2D eigenvalue weighted by Crippen LogP contribution is -2.25. The Morgan fingerprint density at radius 2 is 2.16 bits per heavy atom. The molecular weight excluding hydrogens is 362 g/mol. The van der Waals surface area contributed by atoms with E-state index in [0.29, 0.717) is 23.4 Å². The number of anilines is 2. The van der Waals surface area contributed by atoms with Gasteiger partial charge in [0.05, 0.1) is 23.0 Å². The van der Waals surface area contributed by atoms with Crippen molar-refractivity contribution in [1.82, 2.24) is 14.5 Å². The van der Waals surface area contributed by atoms with Crippen LogP contribution in [0.2, 0.25) is 5.02 Å². The van der Waals surface area contributed by atoms with Gasteiger partial charge in [-0.3, -0.25) is 0 Å². The number of ether oxygens (including phenoxy) is 1. The zero-order valence-corrected chi connectivity index (χ0v) is 15.3. The zero-order valence-electron chi connectivity index (χ0n) is 13.7. The smallest absolute Gasteiger partial charge is 0.421 e. The van der Waals surface area contributed by atoms with Crippen LogP contribution in [-0.4, -0.2) is 32.3 Å². The highest BCUT2D eigenvalue weighted by Crippen LogP contribution is 2.25. The minimum Gasteiger partial charge on any atom is -0.449 e. The van der Waals surface area contributed by atoms with Gasteiger partial charge in [0.25, 0.3) is 0 Å². The predicted octanol–water partition coefficient (Wildman–Crippen LogP) is 3.62. The number of carbonyl (C=O) groups is 1. The third-order valence-corrected chi connectivity index (χ3v) is 4.21. The lowest BCUT2D eigenvalue weighted by Gasteiger charge is -2.14. The van der Waals surface area contributed by atoms with Crippen LogP contribution in [0.3, 0.4) is 0 Å². The van der Waals surface area contributed by atoms with Gasteiger partial charge in [0.2, 0.25) is 5.95 Å². The van der Waals surface area contributed by atoms with Gasteiger partial charge in [-0.1, -0.05) is 11.6 Å². The third kappa shape index (κ3) is 4.08. The molecule has 0 fully saturated rings. The average Bonchev–Trinajstić information content (AvgIpc) is 2.95. The summed E-state index contributed by atoms with van der Waals surface area (Å²) in [5.41, 5.74) is 1.80. The Balaban J connectivity index is 1.81. The molecule has 0 aliphatic heterocycles. The fourth-order valence-corrected chi connectivity index (χ4v) is 3.02. The summed E-state index contributed by atoms with van der Waals surface area (Å²) < 4.78 is 6.63. The van der Waals surface area contributed by atoms with E-state index >= 15 is 0 Å². The van der Waals surface area contributed by atoms with Crippen molar-refractivity contribution in [3.8, 4) is 0 Å². The van der Waals surface area contributed by atoms with Crippen LogP contribution < -0.4 is 10.6 Å². The van der Waals surface area contributed by atoms with Crippen molar-refractivity contribution in [2.24, 2.45) is 0 Å². The third-order valence-electron chi connectivity index (χ3n) is 3.78. The van der Waals surface area contributed by atoms with E-state index in [2.05, 4.69) is 20.6 Å². The Kier molecular flexibility index (Phi) is 5.50. The second kappa shape index (κ2) is 7.79. The zero-order chi connectivity index (χ0) is 17.8. The minimum absolute atomic E-state index is 0.280. The molecule has 3 rings (SSSR count). The Bertz CT molecular complexity index is 791. The monoisotopic (exact) mass is 379 g/mol. The van der Waals surface area contributed by atoms with E-state index in [1.165, 1.54) is 10.8 Å². The van der Waals surface area contributed by atoms with Crippen molar-refractivity contribution in [3.05, 3.63) is 34.7 Å². The highest BCUT2D eigenvalue weighted by Gasteiger charge is 2.25. The van der Waals surface area contributed by atoms with Gasteiger partial charge in [0, 0.05) is 6.20 Å². The number of fused-ring (bicyclic) bond motifs is 1. The average molecular weight is 380 g/mol. The molecular formula is C16H18ClN5O2S. The molecule has 1 aliphatic carbocycles. The summed E-state index contributed by atoms with van der Waals surface area (Å²) >= 11 is 11.1. The van der Waals surface area contributed by atoms with Crippen LogP contribution in [0, 0.1) is 0 Å². The fourth-order valence-electron chi connectivity index (χ4n) is 2.71. The van der Waals surface area contributed by atoms with E-state index < -0.39 is 6.09 Å². The topological polar surface area (TPSA) is 81.1 Å². The maximum atomic E-state index is 12.3. The van der Waals surface area contributed by atoms with E-state index in [1.807, 2.05) is 0 Å². The number of aromatic nitrogens is 3. The van der Waals surface area contributed by atoms with Crippen molar-refractivity contribution in [1.29, 1.82) is 0 Å². The highest BCUT2D eigenvalue weighted by atomic mass is 35.5. The molecule has 7 nitrogen and oxygen atoms in total. The Hall–Kier alpha value is -2.19. The van der Waals surface area contributed by atoms with Crippen LogP contribution in [0.15, 0.2) is 18.3 Å². The summed E-state index contributed by atoms with van der Waals surface area (Å²) in [7, 11) is 0. The van der Waals surface area contributed by atoms with Crippen LogP contribution in [0.25, 0.3) is 0 Å². The first-order valence-electron chi connectivity index (χ1n) is 8.05. The van der Waals surface area contributed by atoms with Crippen molar-refractivity contribution in [2.45, 2.75) is 32.6 Å². The number of carbonyl (C=O) groups excluding carboxylic acids is 1. The number of hydrogen-bond donors (Lipinski definition) is 2. The van der Waals surface area contributed by atoms with Crippen LogP contribution in [0.1, 0.15) is 31.2 Å². The molecule has 0 atom stereocenters. The molecule has 0 amide bonds. The molecule has 0 radical (unpaired) electrons. The number of aryl methyl sites for hydroxylation is 1. The Labute approximate surface area is 155 Å². The molecule has 2 heterocycles. The predicted molar refractivity (Wildman–Crippen MR) is 100 cm³/mol. The molecule has 0 saturated heterocycles. The molecule has 0 bridgehead atoms. The fraction of sp³-hybridized carbons (Fsp3) is 0.375. The maximum Gasteiger partial charge on any atom is 0.421 e. The molecule has 2 aromatic heterocycles. The molecule has 0 unspecified atom stereocenters. The normalized spacial score (nSPS) is 13.0. The summed E-state index contributed by atoms with van der Waals surface area (Å²) in [6.07, 6.45) is 4.79. The number of imidazole rings is 1. The number of nitrogens with one attached hydrogen (secondary N) is 2.